The summed E-state index contributed by atoms with van der Waals surface area (Å²) in [5, 5.41) is 0. The maximum atomic E-state index is 5.69. The molecule has 0 aromatic heterocycles. The molecule has 1 saturated carbocycles. The molecule has 1 fully saturated rings. The summed E-state index contributed by atoms with van der Waals surface area (Å²) >= 11 is 5.05. The van der Waals surface area contributed by atoms with Crippen LogP contribution in [0.25, 0.3) is 0 Å². The molecule has 2 nitrogen and oxygen atoms in total. The van der Waals surface area contributed by atoms with E-state index in [1.165, 1.54) is 32.1 Å². The fraction of sp³-hybridized carbons (Fsp3) is 0.923. The smallest absolute Gasteiger partial charge is 0.0768 e. The molecule has 3 atom stereocenters. The van der Waals surface area contributed by atoms with Crippen molar-refractivity contribution in [1.29, 1.82) is 0 Å². The average molecular weight is 242 g/mol. The zero-order chi connectivity index (χ0) is 12.1. The van der Waals surface area contributed by atoms with Crippen molar-refractivity contribution >= 4 is 17.2 Å². The van der Waals surface area contributed by atoms with Crippen molar-refractivity contribution in [1.82, 2.24) is 4.90 Å². The van der Waals surface area contributed by atoms with Crippen molar-refractivity contribution in [3.8, 4) is 0 Å². The van der Waals surface area contributed by atoms with E-state index in [1.54, 1.807) is 0 Å². The molecule has 0 amide bonds. The first-order valence-corrected chi connectivity index (χ1v) is 6.96. The summed E-state index contributed by atoms with van der Waals surface area (Å²) in [7, 11) is 2.23. The van der Waals surface area contributed by atoms with Gasteiger partial charge in [0.05, 0.1) is 4.99 Å². The number of rotatable bonds is 5. The summed E-state index contributed by atoms with van der Waals surface area (Å²) in [6.07, 6.45) is 6.84. The van der Waals surface area contributed by atoms with Gasteiger partial charge in [-0.25, -0.2) is 0 Å². The minimum atomic E-state index is 0.333. The Kier molecular flexibility index (Phi) is 5.70. The molecular formula is C13H26N2S. The van der Waals surface area contributed by atoms with Gasteiger partial charge in [-0.1, -0.05) is 45.3 Å². The first-order valence-electron chi connectivity index (χ1n) is 6.55. The van der Waals surface area contributed by atoms with Gasteiger partial charge in [0.1, 0.15) is 0 Å². The van der Waals surface area contributed by atoms with Crippen molar-refractivity contribution in [2.45, 2.75) is 52.0 Å². The van der Waals surface area contributed by atoms with Crippen LogP contribution in [-0.2, 0) is 0 Å². The van der Waals surface area contributed by atoms with Gasteiger partial charge in [0, 0.05) is 18.5 Å². The SMILES string of the molecule is CCC1CCCCC1N(C)CC(C)C(N)=S. The topological polar surface area (TPSA) is 29.3 Å². The molecule has 0 saturated heterocycles. The van der Waals surface area contributed by atoms with Gasteiger partial charge in [-0.2, -0.15) is 0 Å². The van der Waals surface area contributed by atoms with Crippen LogP contribution in [0.5, 0.6) is 0 Å². The van der Waals surface area contributed by atoms with Crippen LogP contribution >= 0.6 is 12.2 Å². The predicted molar refractivity (Wildman–Crippen MR) is 74.6 cm³/mol. The third-order valence-electron chi connectivity index (χ3n) is 4.01. The monoisotopic (exact) mass is 242 g/mol. The minimum Gasteiger partial charge on any atom is -0.393 e. The van der Waals surface area contributed by atoms with Crippen LogP contribution in [0.15, 0.2) is 0 Å². The van der Waals surface area contributed by atoms with E-state index in [-0.39, 0.29) is 0 Å². The van der Waals surface area contributed by atoms with Gasteiger partial charge < -0.3 is 10.6 Å². The van der Waals surface area contributed by atoms with Gasteiger partial charge in [-0.15, -0.1) is 0 Å². The van der Waals surface area contributed by atoms with Crippen molar-refractivity contribution < 1.29 is 0 Å². The molecule has 94 valence electrons. The Morgan fingerprint density at radius 1 is 1.44 bits per heavy atom. The Hall–Kier alpha value is -0.150. The molecule has 0 heterocycles. The molecule has 3 heteroatoms. The van der Waals surface area contributed by atoms with Crippen LogP contribution in [0, 0.1) is 11.8 Å². The molecule has 0 aromatic rings. The first-order chi connectivity index (χ1) is 7.56. The molecule has 1 aliphatic rings. The van der Waals surface area contributed by atoms with Crippen LogP contribution in [0.1, 0.15) is 46.0 Å². The molecule has 0 aliphatic heterocycles. The molecular weight excluding hydrogens is 216 g/mol. The van der Waals surface area contributed by atoms with Crippen LogP contribution in [0.4, 0.5) is 0 Å². The second kappa shape index (κ2) is 6.55. The lowest BCUT2D eigenvalue weighted by atomic mass is 9.82. The van der Waals surface area contributed by atoms with E-state index in [0.29, 0.717) is 10.9 Å². The largest absolute Gasteiger partial charge is 0.393 e. The number of nitrogens with two attached hydrogens (primary N) is 1. The highest BCUT2D eigenvalue weighted by atomic mass is 32.1. The normalized spacial score (nSPS) is 28.0. The Morgan fingerprint density at radius 3 is 2.62 bits per heavy atom. The van der Waals surface area contributed by atoms with E-state index in [2.05, 4.69) is 25.8 Å². The summed E-state index contributed by atoms with van der Waals surface area (Å²) in [5.41, 5.74) is 5.69. The van der Waals surface area contributed by atoms with Gasteiger partial charge in [0.15, 0.2) is 0 Å². The molecule has 2 N–H and O–H groups in total. The van der Waals surface area contributed by atoms with Crippen molar-refractivity contribution in [3.63, 3.8) is 0 Å². The van der Waals surface area contributed by atoms with E-state index in [4.69, 9.17) is 18.0 Å². The third-order valence-corrected chi connectivity index (χ3v) is 4.41. The summed E-state index contributed by atoms with van der Waals surface area (Å²) in [6.45, 7) is 5.45. The highest BCUT2D eigenvalue weighted by Gasteiger charge is 2.27. The molecule has 1 aliphatic carbocycles. The molecule has 16 heavy (non-hydrogen) atoms. The molecule has 3 unspecified atom stereocenters. The summed E-state index contributed by atoms with van der Waals surface area (Å²) < 4.78 is 0. The maximum Gasteiger partial charge on any atom is 0.0768 e. The third kappa shape index (κ3) is 3.70. The van der Waals surface area contributed by atoms with E-state index < -0.39 is 0 Å². The predicted octanol–water partition coefficient (Wildman–Crippen LogP) is 2.81. The lowest BCUT2D eigenvalue weighted by Crippen LogP contribution is -2.43. The molecule has 0 bridgehead atoms. The highest BCUT2D eigenvalue weighted by Crippen LogP contribution is 2.30. The Labute approximate surface area is 106 Å². The highest BCUT2D eigenvalue weighted by molar-refractivity contribution is 7.80. The van der Waals surface area contributed by atoms with Crippen molar-refractivity contribution in [2.75, 3.05) is 13.6 Å². The van der Waals surface area contributed by atoms with Crippen LogP contribution in [0.2, 0.25) is 0 Å². The van der Waals surface area contributed by atoms with Gasteiger partial charge in [0.25, 0.3) is 0 Å². The van der Waals surface area contributed by atoms with Crippen LogP contribution in [-0.4, -0.2) is 29.5 Å². The number of hydrogen-bond acceptors (Lipinski definition) is 2. The number of thiocarbonyl (C=S) groups is 1. The van der Waals surface area contributed by atoms with Crippen LogP contribution < -0.4 is 5.73 Å². The molecule has 0 radical (unpaired) electrons. The Morgan fingerprint density at radius 2 is 2.06 bits per heavy atom. The number of hydrogen-bond donors (Lipinski definition) is 1. The fourth-order valence-electron chi connectivity index (χ4n) is 2.90. The first kappa shape index (κ1) is 13.9. The minimum absolute atomic E-state index is 0.333. The maximum absolute atomic E-state index is 5.69. The number of nitrogens with zero attached hydrogens (tertiary/aromatic N) is 1. The van der Waals surface area contributed by atoms with Crippen LogP contribution in [0.3, 0.4) is 0 Å². The van der Waals surface area contributed by atoms with E-state index in [0.717, 1.165) is 18.5 Å². The zero-order valence-electron chi connectivity index (χ0n) is 10.9. The summed E-state index contributed by atoms with van der Waals surface area (Å²) in [5.74, 6) is 1.21. The summed E-state index contributed by atoms with van der Waals surface area (Å²) in [6, 6.07) is 0.746. The summed E-state index contributed by atoms with van der Waals surface area (Å²) in [4.78, 5) is 3.13. The second-order valence-electron chi connectivity index (χ2n) is 5.26. The van der Waals surface area contributed by atoms with Crippen molar-refractivity contribution in [3.05, 3.63) is 0 Å². The van der Waals surface area contributed by atoms with Gasteiger partial charge >= 0.3 is 0 Å². The van der Waals surface area contributed by atoms with E-state index in [1.807, 2.05) is 0 Å². The lowest BCUT2D eigenvalue weighted by molar-refractivity contribution is 0.121. The van der Waals surface area contributed by atoms with Gasteiger partial charge in [-0.3, -0.25) is 0 Å². The van der Waals surface area contributed by atoms with E-state index >= 15 is 0 Å². The molecule has 0 spiro atoms. The average Bonchev–Trinajstić information content (AvgIpc) is 2.28. The van der Waals surface area contributed by atoms with Gasteiger partial charge in [0.2, 0.25) is 0 Å². The molecule has 1 rings (SSSR count). The Balaban J connectivity index is 2.50. The standard InChI is InChI=1S/C13H26N2S/c1-4-11-7-5-6-8-12(11)15(3)9-10(2)13(14)16/h10-12H,4-9H2,1-3H3,(H2,14,16). The molecule has 0 aromatic carbocycles. The fourth-order valence-corrected chi connectivity index (χ4v) is 2.98. The lowest BCUT2D eigenvalue weighted by Gasteiger charge is -2.38. The quantitative estimate of drug-likeness (QED) is 0.752. The van der Waals surface area contributed by atoms with Crippen molar-refractivity contribution in [2.24, 2.45) is 17.6 Å². The zero-order valence-corrected chi connectivity index (χ0v) is 11.7. The van der Waals surface area contributed by atoms with Gasteiger partial charge in [-0.05, 0) is 25.8 Å². The van der Waals surface area contributed by atoms with E-state index in [9.17, 15) is 0 Å². The Bertz CT molecular complexity index is 230. The second-order valence-corrected chi connectivity index (χ2v) is 5.73.